The summed E-state index contributed by atoms with van der Waals surface area (Å²) in [6.45, 7) is 1.75. The third-order valence-electron chi connectivity index (χ3n) is 2.75. The molecule has 2 rings (SSSR count). The van der Waals surface area contributed by atoms with Crippen LogP contribution in [0.5, 0.6) is 0 Å². The lowest BCUT2D eigenvalue weighted by atomic mass is 10.1. The van der Waals surface area contributed by atoms with Gasteiger partial charge in [-0.25, -0.2) is 4.98 Å². The number of alkyl halides is 3. The molecular formula is C13H12F3NOS. The Bertz CT molecular complexity index is 565. The van der Waals surface area contributed by atoms with E-state index in [1.54, 1.807) is 13.0 Å². The Morgan fingerprint density at radius 1 is 1.32 bits per heavy atom. The fourth-order valence-electron chi connectivity index (χ4n) is 1.65. The number of nitrogens with zero attached hydrogens (tertiary/aromatic N) is 1. The molecule has 0 bridgehead atoms. The average Bonchev–Trinajstić information content (AvgIpc) is 2.86. The van der Waals surface area contributed by atoms with Crippen LogP contribution in [0.25, 0.3) is 10.6 Å². The maximum absolute atomic E-state index is 12.9. The second-order valence-electron chi connectivity index (χ2n) is 4.19. The third-order valence-corrected chi connectivity index (χ3v) is 4.01. The number of rotatable bonds is 3. The van der Waals surface area contributed by atoms with Gasteiger partial charge >= 0.3 is 6.18 Å². The van der Waals surface area contributed by atoms with Crippen LogP contribution < -0.4 is 0 Å². The summed E-state index contributed by atoms with van der Waals surface area (Å²) < 4.78 is 38.7. The molecule has 0 fully saturated rings. The summed E-state index contributed by atoms with van der Waals surface area (Å²) >= 11 is 1.18. The fourth-order valence-corrected chi connectivity index (χ4v) is 2.64. The van der Waals surface area contributed by atoms with Crippen molar-refractivity contribution in [1.82, 2.24) is 4.98 Å². The quantitative estimate of drug-likeness (QED) is 0.928. The van der Waals surface area contributed by atoms with Crippen LogP contribution in [0, 0.1) is 0 Å². The second-order valence-corrected chi connectivity index (χ2v) is 5.26. The van der Waals surface area contributed by atoms with Gasteiger partial charge in [0.2, 0.25) is 0 Å². The van der Waals surface area contributed by atoms with E-state index >= 15 is 0 Å². The number of aromatic nitrogens is 1. The predicted octanol–water partition coefficient (Wildman–Crippen LogP) is 3.92. The first kappa shape index (κ1) is 14.0. The van der Waals surface area contributed by atoms with E-state index in [0.717, 1.165) is 10.9 Å². The van der Waals surface area contributed by atoms with Gasteiger partial charge in [0.15, 0.2) is 0 Å². The van der Waals surface area contributed by atoms with Crippen molar-refractivity contribution in [1.29, 1.82) is 0 Å². The normalized spacial score (nSPS) is 13.5. The summed E-state index contributed by atoms with van der Waals surface area (Å²) in [4.78, 5) is 4.81. The van der Waals surface area contributed by atoms with Crippen LogP contribution in [0.15, 0.2) is 30.5 Å². The molecule has 1 aromatic carbocycles. The van der Waals surface area contributed by atoms with E-state index in [-0.39, 0.29) is 18.1 Å². The van der Waals surface area contributed by atoms with Gasteiger partial charge in [-0.2, -0.15) is 13.2 Å². The van der Waals surface area contributed by atoms with Gasteiger partial charge in [-0.3, -0.25) is 0 Å². The van der Waals surface area contributed by atoms with Gasteiger partial charge in [0.1, 0.15) is 5.01 Å². The van der Waals surface area contributed by atoms with E-state index in [1.165, 1.54) is 29.7 Å². The molecule has 1 aromatic heterocycles. The molecule has 1 atom stereocenters. The summed E-state index contributed by atoms with van der Waals surface area (Å²) in [6, 6.07) is 5.37. The Kier molecular flexibility index (Phi) is 3.91. The number of hydrogen-bond acceptors (Lipinski definition) is 3. The molecule has 0 aliphatic rings. The van der Waals surface area contributed by atoms with Crippen molar-refractivity contribution in [3.8, 4) is 10.6 Å². The standard InChI is InChI=1S/C13H12F3NOS/c1-8(7-18)11-6-17-12(19-11)9-4-2-3-5-10(9)13(14,15)16/h2-6,8,18H,7H2,1H3. The van der Waals surface area contributed by atoms with E-state index in [4.69, 9.17) is 5.11 Å². The highest BCUT2D eigenvalue weighted by atomic mass is 32.1. The van der Waals surface area contributed by atoms with Crippen LogP contribution in [0.3, 0.4) is 0 Å². The van der Waals surface area contributed by atoms with E-state index in [2.05, 4.69) is 4.98 Å². The van der Waals surface area contributed by atoms with Crippen LogP contribution in [0.4, 0.5) is 13.2 Å². The lowest BCUT2D eigenvalue weighted by Crippen LogP contribution is -2.06. The zero-order valence-electron chi connectivity index (χ0n) is 10.1. The fraction of sp³-hybridized carbons (Fsp3) is 0.308. The number of aliphatic hydroxyl groups is 1. The molecule has 0 aliphatic heterocycles. The molecule has 1 heterocycles. The molecule has 0 radical (unpaired) electrons. The first-order valence-electron chi connectivity index (χ1n) is 5.66. The highest BCUT2D eigenvalue weighted by Crippen LogP contribution is 2.39. The number of halogens is 3. The highest BCUT2D eigenvalue weighted by molar-refractivity contribution is 7.15. The Morgan fingerprint density at radius 3 is 2.63 bits per heavy atom. The number of thiazole rings is 1. The van der Waals surface area contributed by atoms with Gasteiger partial charge in [0, 0.05) is 22.6 Å². The third kappa shape index (κ3) is 2.96. The Balaban J connectivity index is 2.45. The first-order valence-corrected chi connectivity index (χ1v) is 6.48. The van der Waals surface area contributed by atoms with Crippen LogP contribution in [0.1, 0.15) is 23.3 Å². The zero-order chi connectivity index (χ0) is 14.0. The smallest absolute Gasteiger partial charge is 0.396 e. The van der Waals surface area contributed by atoms with Crippen molar-refractivity contribution in [3.63, 3.8) is 0 Å². The summed E-state index contributed by atoms with van der Waals surface area (Å²) in [5, 5.41) is 9.37. The maximum atomic E-state index is 12.9. The average molecular weight is 287 g/mol. The van der Waals surface area contributed by atoms with Gasteiger partial charge in [-0.05, 0) is 6.07 Å². The minimum absolute atomic E-state index is 0.0530. The first-order chi connectivity index (χ1) is 8.93. The van der Waals surface area contributed by atoms with E-state index < -0.39 is 11.7 Å². The van der Waals surface area contributed by atoms with E-state index in [1.807, 2.05) is 0 Å². The number of benzene rings is 1. The molecule has 0 aliphatic carbocycles. The van der Waals surface area contributed by atoms with Crippen LogP contribution in [0.2, 0.25) is 0 Å². The summed E-state index contributed by atoms with van der Waals surface area (Å²) in [5.41, 5.74) is -0.607. The minimum Gasteiger partial charge on any atom is -0.396 e. The number of aliphatic hydroxyl groups excluding tert-OH is 1. The largest absolute Gasteiger partial charge is 0.417 e. The molecular weight excluding hydrogens is 275 g/mol. The number of hydrogen-bond donors (Lipinski definition) is 1. The second kappa shape index (κ2) is 5.30. The van der Waals surface area contributed by atoms with Gasteiger partial charge in [-0.1, -0.05) is 25.1 Å². The van der Waals surface area contributed by atoms with Crippen LogP contribution in [-0.2, 0) is 6.18 Å². The van der Waals surface area contributed by atoms with Crippen molar-refractivity contribution < 1.29 is 18.3 Å². The van der Waals surface area contributed by atoms with Crippen molar-refractivity contribution in [2.24, 2.45) is 0 Å². The van der Waals surface area contributed by atoms with Crippen molar-refractivity contribution in [3.05, 3.63) is 40.9 Å². The topological polar surface area (TPSA) is 33.1 Å². The Hall–Kier alpha value is -1.40. The van der Waals surface area contributed by atoms with Gasteiger partial charge in [-0.15, -0.1) is 11.3 Å². The summed E-state index contributed by atoms with van der Waals surface area (Å²) in [6.07, 6.45) is -2.88. The predicted molar refractivity (Wildman–Crippen MR) is 68.1 cm³/mol. The van der Waals surface area contributed by atoms with Gasteiger partial charge in [0.05, 0.1) is 12.2 Å². The molecule has 2 aromatic rings. The van der Waals surface area contributed by atoms with Crippen molar-refractivity contribution in [2.45, 2.75) is 19.0 Å². The molecule has 0 amide bonds. The molecule has 0 saturated carbocycles. The lowest BCUT2D eigenvalue weighted by Gasteiger charge is -2.10. The Morgan fingerprint density at radius 2 is 2.00 bits per heavy atom. The molecule has 102 valence electrons. The molecule has 1 unspecified atom stereocenters. The van der Waals surface area contributed by atoms with E-state index in [0.29, 0.717) is 5.01 Å². The van der Waals surface area contributed by atoms with Gasteiger partial charge < -0.3 is 5.11 Å². The molecule has 0 spiro atoms. The van der Waals surface area contributed by atoms with Crippen molar-refractivity contribution in [2.75, 3.05) is 6.61 Å². The molecule has 19 heavy (non-hydrogen) atoms. The lowest BCUT2D eigenvalue weighted by molar-refractivity contribution is -0.137. The molecule has 0 saturated heterocycles. The molecule has 1 N–H and O–H groups in total. The van der Waals surface area contributed by atoms with Crippen LogP contribution >= 0.6 is 11.3 Å². The summed E-state index contributed by atoms with van der Waals surface area (Å²) in [7, 11) is 0. The highest BCUT2D eigenvalue weighted by Gasteiger charge is 2.34. The zero-order valence-corrected chi connectivity index (χ0v) is 10.9. The van der Waals surface area contributed by atoms with Crippen molar-refractivity contribution >= 4 is 11.3 Å². The molecule has 6 heteroatoms. The maximum Gasteiger partial charge on any atom is 0.417 e. The van der Waals surface area contributed by atoms with Gasteiger partial charge in [0.25, 0.3) is 0 Å². The SMILES string of the molecule is CC(CO)c1cnc(-c2ccccc2C(F)(F)F)s1. The molecule has 2 nitrogen and oxygen atoms in total. The van der Waals surface area contributed by atoms with Crippen LogP contribution in [-0.4, -0.2) is 16.7 Å². The monoisotopic (exact) mass is 287 g/mol. The summed E-state index contributed by atoms with van der Waals surface area (Å²) in [5.74, 6) is -0.121. The minimum atomic E-state index is -4.40. The Labute approximate surface area is 112 Å². The van der Waals surface area contributed by atoms with E-state index in [9.17, 15) is 13.2 Å².